The highest BCUT2D eigenvalue weighted by atomic mass is 28.3. The highest BCUT2D eigenvalue weighted by molar-refractivity contribution is 6.76. The first kappa shape index (κ1) is 20.5. The van der Waals surface area contributed by atoms with E-state index >= 15 is 0 Å². The van der Waals surface area contributed by atoms with E-state index in [1.807, 2.05) is 0 Å². The Morgan fingerprint density at radius 1 is 0.652 bits per heavy atom. The van der Waals surface area contributed by atoms with Gasteiger partial charge in [-0.25, -0.2) is 0 Å². The van der Waals surface area contributed by atoms with Crippen LogP contribution in [-0.4, -0.2) is 8.07 Å². The molecule has 23 heavy (non-hydrogen) atoms. The maximum Gasteiger partial charge on any atom is 0.0443 e. The van der Waals surface area contributed by atoms with Crippen molar-refractivity contribution in [2.24, 2.45) is 0 Å². The summed E-state index contributed by atoms with van der Waals surface area (Å²) in [5.74, 6) is 0. The second-order valence-corrected chi connectivity index (χ2v) is 16.9. The van der Waals surface area contributed by atoms with Gasteiger partial charge in [-0.15, -0.1) is 0 Å². The van der Waals surface area contributed by atoms with Crippen molar-refractivity contribution >= 4 is 8.07 Å². The Labute approximate surface area is 147 Å². The summed E-state index contributed by atoms with van der Waals surface area (Å²) in [5, 5.41) is 0. The molecule has 0 unspecified atom stereocenters. The summed E-state index contributed by atoms with van der Waals surface area (Å²) in [7, 11) is -1.00. The number of rotatable bonds is 4. The van der Waals surface area contributed by atoms with Gasteiger partial charge in [0.1, 0.15) is 0 Å². The fraction of sp³-hybridized carbons (Fsp3) is 0.727. The summed E-state index contributed by atoms with van der Waals surface area (Å²) in [6.07, 6.45) is 1.29. The number of hydrogen-bond acceptors (Lipinski definition) is 0. The van der Waals surface area contributed by atoms with Crippen molar-refractivity contribution in [1.29, 1.82) is 0 Å². The van der Waals surface area contributed by atoms with E-state index in [2.05, 4.69) is 93.2 Å². The van der Waals surface area contributed by atoms with Gasteiger partial charge in [-0.1, -0.05) is 99.3 Å². The fourth-order valence-electron chi connectivity index (χ4n) is 2.72. The van der Waals surface area contributed by atoms with E-state index in [0.717, 1.165) is 0 Å². The molecule has 0 N–H and O–H groups in total. The third-order valence-electron chi connectivity index (χ3n) is 4.95. The zero-order chi connectivity index (χ0) is 18.3. The smallest absolute Gasteiger partial charge is 0.0443 e. The molecule has 132 valence electrons. The van der Waals surface area contributed by atoms with Crippen LogP contribution in [0.4, 0.5) is 0 Å². The molecule has 0 heterocycles. The maximum absolute atomic E-state index is 2.48. The lowest BCUT2D eigenvalue weighted by atomic mass is 9.74. The molecule has 0 fully saturated rings. The van der Waals surface area contributed by atoms with Crippen LogP contribution in [0, 0.1) is 0 Å². The molecular weight excluding hydrogens is 292 g/mol. The summed E-state index contributed by atoms with van der Waals surface area (Å²) < 4.78 is 0. The van der Waals surface area contributed by atoms with Crippen molar-refractivity contribution < 1.29 is 0 Å². The second-order valence-electron chi connectivity index (χ2n) is 11.2. The number of hydrogen-bond donors (Lipinski definition) is 0. The Kier molecular flexibility index (Phi) is 5.69. The van der Waals surface area contributed by atoms with E-state index in [1.54, 1.807) is 0 Å². The average Bonchev–Trinajstić information content (AvgIpc) is 2.33. The second kappa shape index (κ2) is 6.39. The van der Waals surface area contributed by atoms with Gasteiger partial charge in [0.05, 0.1) is 0 Å². The van der Waals surface area contributed by atoms with Gasteiger partial charge in [-0.05, 0) is 39.4 Å². The lowest BCUT2D eigenvalue weighted by Crippen LogP contribution is -2.27. The molecule has 1 aromatic rings. The van der Waals surface area contributed by atoms with E-state index in [9.17, 15) is 0 Å². The predicted molar refractivity (Wildman–Crippen MR) is 110 cm³/mol. The Bertz CT molecular complexity index is 498. The summed E-state index contributed by atoms with van der Waals surface area (Å²) in [6.45, 7) is 26.3. The summed E-state index contributed by atoms with van der Waals surface area (Å²) in [5.41, 5.74) is 5.12. The van der Waals surface area contributed by atoms with Gasteiger partial charge >= 0.3 is 0 Å². The van der Waals surface area contributed by atoms with Crippen LogP contribution in [0.15, 0.2) is 18.2 Å². The van der Waals surface area contributed by atoms with Crippen LogP contribution < -0.4 is 0 Å². The molecule has 1 rings (SSSR count). The van der Waals surface area contributed by atoms with Crippen molar-refractivity contribution in [2.45, 2.75) is 104 Å². The normalized spacial score (nSPS) is 14.2. The zero-order valence-corrected chi connectivity index (χ0v) is 18.6. The monoisotopic (exact) mass is 332 g/mol. The van der Waals surface area contributed by atoms with E-state index in [-0.39, 0.29) is 16.2 Å². The lowest BCUT2D eigenvalue weighted by Gasteiger charge is -2.33. The molecule has 0 amide bonds. The Morgan fingerprint density at radius 3 is 1.30 bits per heavy atom. The van der Waals surface area contributed by atoms with Crippen LogP contribution in [0.25, 0.3) is 0 Å². The van der Waals surface area contributed by atoms with Gasteiger partial charge in [-0.3, -0.25) is 0 Å². The van der Waals surface area contributed by atoms with Crippen LogP contribution in [0.2, 0.25) is 25.7 Å². The summed E-state index contributed by atoms with van der Waals surface area (Å²) >= 11 is 0. The Hall–Kier alpha value is -0.563. The van der Waals surface area contributed by atoms with Crippen LogP contribution in [-0.2, 0) is 16.2 Å². The maximum atomic E-state index is 2.48. The molecule has 0 saturated carbocycles. The van der Waals surface area contributed by atoms with E-state index in [1.165, 1.54) is 29.2 Å². The van der Waals surface area contributed by atoms with Crippen molar-refractivity contribution in [3.63, 3.8) is 0 Å². The first-order chi connectivity index (χ1) is 10.0. The topological polar surface area (TPSA) is 0 Å². The molecule has 0 aliphatic rings. The van der Waals surface area contributed by atoms with Gasteiger partial charge in [0, 0.05) is 8.07 Å². The van der Waals surface area contributed by atoms with Gasteiger partial charge in [0.2, 0.25) is 0 Å². The zero-order valence-electron chi connectivity index (χ0n) is 17.6. The molecule has 1 aromatic carbocycles. The fourth-order valence-corrected chi connectivity index (χ4v) is 4.09. The first-order valence-corrected chi connectivity index (χ1v) is 12.9. The summed E-state index contributed by atoms with van der Waals surface area (Å²) in [4.78, 5) is 0. The minimum Gasteiger partial charge on any atom is -0.0695 e. The van der Waals surface area contributed by atoms with Gasteiger partial charge in [0.25, 0.3) is 0 Å². The molecule has 0 nitrogen and oxygen atoms in total. The molecule has 0 bridgehead atoms. The SMILES string of the molecule is CC(C)(C)c1cc(C(C)(C)C)cc(C(C)(C)CC[Si](C)(C)C)c1. The highest BCUT2D eigenvalue weighted by Gasteiger charge is 2.28. The van der Waals surface area contributed by atoms with E-state index in [4.69, 9.17) is 0 Å². The molecular formula is C22H40Si. The first-order valence-electron chi connectivity index (χ1n) is 9.19. The van der Waals surface area contributed by atoms with Gasteiger partial charge in [-0.2, -0.15) is 0 Å². The minimum atomic E-state index is -1.00. The summed E-state index contributed by atoms with van der Waals surface area (Å²) in [6, 6.07) is 8.77. The molecule has 0 spiro atoms. The molecule has 0 radical (unpaired) electrons. The molecule has 0 aliphatic carbocycles. The molecule has 1 heteroatoms. The average molecular weight is 333 g/mol. The Balaban J connectivity index is 3.34. The van der Waals surface area contributed by atoms with Crippen LogP contribution in [0.3, 0.4) is 0 Å². The predicted octanol–water partition coefficient (Wildman–Crippen LogP) is 7.29. The molecule has 0 aliphatic heterocycles. The van der Waals surface area contributed by atoms with E-state index < -0.39 is 8.07 Å². The molecule has 0 atom stereocenters. The third kappa shape index (κ3) is 6.10. The minimum absolute atomic E-state index is 0.199. The van der Waals surface area contributed by atoms with Crippen LogP contribution in [0.5, 0.6) is 0 Å². The van der Waals surface area contributed by atoms with Crippen molar-refractivity contribution in [3.8, 4) is 0 Å². The van der Waals surface area contributed by atoms with E-state index in [0.29, 0.717) is 0 Å². The van der Waals surface area contributed by atoms with Crippen molar-refractivity contribution in [2.75, 3.05) is 0 Å². The molecule has 0 saturated heterocycles. The standard InChI is InChI=1S/C22H40Si/c1-20(2,3)17-14-18(21(4,5)6)16-19(15-17)22(7,8)12-13-23(9,10)11/h14-16H,12-13H2,1-11H3. The highest BCUT2D eigenvalue weighted by Crippen LogP contribution is 2.37. The quantitative estimate of drug-likeness (QED) is 0.508. The molecule has 0 aromatic heterocycles. The van der Waals surface area contributed by atoms with Gasteiger partial charge in [0.15, 0.2) is 0 Å². The van der Waals surface area contributed by atoms with Crippen LogP contribution in [0.1, 0.15) is 78.5 Å². The lowest BCUT2D eigenvalue weighted by molar-refractivity contribution is 0.494. The van der Waals surface area contributed by atoms with Crippen LogP contribution >= 0.6 is 0 Å². The van der Waals surface area contributed by atoms with Crippen molar-refractivity contribution in [1.82, 2.24) is 0 Å². The van der Waals surface area contributed by atoms with Gasteiger partial charge < -0.3 is 0 Å². The number of benzene rings is 1. The Morgan fingerprint density at radius 2 is 1.00 bits per heavy atom. The third-order valence-corrected chi connectivity index (χ3v) is 6.70. The van der Waals surface area contributed by atoms with Crippen molar-refractivity contribution in [3.05, 3.63) is 34.9 Å². The largest absolute Gasteiger partial charge is 0.0695 e.